The number of rotatable bonds is 4. The second-order valence-electron chi connectivity index (χ2n) is 3.36. The minimum atomic E-state index is 0.497. The highest BCUT2D eigenvalue weighted by atomic mass is 35.5. The molecule has 0 radical (unpaired) electrons. The Morgan fingerprint density at radius 2 is 2.18 bits per heavy atom. The third kappa shape index (κ3) is 3.04. The van der Waals surface area contributed by atoms with Gasteiger partial charge in [-0.1, -0.05) is 11.6 Å². The van der Waals surface area contributed by atoms with E-state index in [1.165, 1.54) is 4.88 Å². The van der Waals surface area contributed by atoms with Crippen LogP contribution in [-0.4, -0.2) is 22.0 Å². The van der Waals surface area contributed by atoms with E-state index in [0.29, 0.717) is 23.3 Å². The highest BCUT2D eigenvalue weighted by Gasteiger charge is 2.05. The van der Waals surface area contributed by atoms with Gasteiger partial charge >= 0.3 is 0 Å². The SMILES string of the molecule is CNc1ncc(Cl)c(NCc2ncc(C)s2)n1. The number of halogens is 1. The van der Waals surface area contributed by atoms with Crippen molar-refractivity contribution in [2.45, 2.75) is 13.5 Å². The minimum absolute atomic E-state index is 0.497. The van der Waals surface area contributed by atoms with Gasteiger partial charge in [-0.05, 0) is 6.92 Å². The fraction of sp³-hybridized carbons (Fsp3) is 0.300. The van der Waals surface area contributed by atoms with E-state index in [9.17, 15) is 0 Å². The maximum Gasteiger partial charge on any atom is 0.224 e. The van der Waals surface area contributed by atoms with Crippen molar-refractivity contribution < 1.29 is 0 Å². The number of aryl methyl sites for hydroxylation is 1. The number of thiazole rings is 1. The molecule has 0 atom stereocenters. The summed E-state index contributed by atoms with van der Waals surface area (Å²) in [5, 5.41) is 7.51. The molecule has 2 aromatic heterocycles. The molecule has 90 valence electrons. The maximum absolute atomic E-state index is 5.99. The Labute approximate surface area is 108 Å². The Kier molecular flexibility index (Phi) is 3.75. The normalized spacial score (nSPS) is 10.3. The van der Waals surface area contributed by atoms with Gasteiger partial charge in [0.05, 0.1) is 12.7 Å². The molecule has 2 heterocycles. The van der Waals surface area contributed by atoms with Crippen molar-refractivity contribution >= 4 is 34.7 Å². The van der Waals surface area contributed by atoms with Crippen molar-refractivity contribution in [3.63, 3.8) is 0 Å². The molecule has 2 rings (SSSR count). The lowest BCUT2D eigenvalue weighted by atomic mass is 10.5. The van der Waals surface area contributed by atoms with Gasteiger partial charge in [0.15, 0.2) is 5.82 Å². The molecule has 0 fully saturated rings. The molecule has 0 aliphatic carbocycles. The summed E-state index contributed by atoms with van der Waals surface area (Å²) >= 11 is 7.64. The van der Waals surface area contributed by atoms with E-state index in [0.717, 1.165) is 5.01 Å². The molecule has 17 heavy (non-hydrogen) atoms. The molecule has 0 saturated heterocycles. The molecule has 0 spiro atoms. The zero-order chi connectivity index (χ0) is 12.3. The van der Waals surface area contributed by atoms with Crippen molar-refractivity contribution in [3.8, 4) is 0 Å². The predicted molar refractivity (Wildman–Crippen MR) is 70.8 cm³/mol. The summed E-state index contributed by atoms with van der Waals surface area (Å²) in [6.07, 6.45) is 3.41. The van der Waals surface area contributed by atoms with Gasteiger partial charge in [-0.3, -0.25) is 0 Å². The Bertz CT molecular complexity index is 513. The molecular formula is C10H12ClN5S. The van der Waals surface area contributed by atoms with E-state index in [2.05, 4.69) is 25.6 Å². The van der Waals surface area contributed by atoms with E-state index >= 15 is 0 Å². The molecule has 7 heteroatoms. The summed E-state index contributed by atoms with van der Waals surface area (Å²) in [5.41, 5.74) is 0. The van der Waals surface area contributed by atoms with Crippen LogP contribution in [0.15, 0.2) is 12.4 Å². The minimum Gasteiger partial charge on any atom is -0.362 e. The first-order chi connectivity index (χ1) is 8.19. The van der Waals surface area contributed by atoms with Crippen molar-refractivity contribution in [1.82, 2.24) is 15.0 Å². The van der Waals surface area contributed by atoms with E-state index in [1.54, 1.807) is 24.6 Å². The molecule has 2 aromatic rings. The van der Waals surface area contributed by atoms with Crippen LogP contribution in [0.3, 0.4) is 0 Å². The third-order valence-electron chi connectivity index (χ3n) is 2.04. The van der Waals surface area contributed by atoms with Gasteiger partial charge in [-0.25, -0.2) is 9.97 Å². The van der Waals surface area contributed by atoms with Crippen molar-refractivity contribution in [3.05, 3.63) is 27.3 Å². The average Bonchev–Trinajstić information content (AvgIpc) is 2.74. The van der Waals surface area contributed by atoms with Gasteiger partial charge in [-0.15, -0.1) is 11.3 Å². The maximum atomic E-state index is 5.99. The Morgan fingerprint density at radius 3 is 2.82 bits per heavy atom. The molecule has 0 unspecified atom stereocenters. The van der Waals surface area contributed by atoms with E-state index < -0.39 is 0 Å². The Balaban J connectivity index is 2.07. The molecule has 0 saturated carbocycles. The molecule has 0 aromatic carbocycles. The number of nitrogens with one attached hydrogen (secondary N) is 2. The molecule has 0 amide bonds. The van der Waals surface area contributed by atoms with E-state index in [1.807, 2.05) is 13.1 Å². The molecule has 0 aliphatic heterocycles. The van der Waals surface area contributed by atoms with Crippen molar-refractivity contribution in [1.29, 1.82) is 0 Å². The quantitative estimate of drug-likeness (QED) is 0.893. The lowest BCUT2D eigenvalue weighted by Crippen LogP contribution is -2.04. The first-order valence-corrected chi connectivity index (χ1v) is 6.24. The first-order valence-electron chi connectivity index (χ1n) is 5.04. The average molecular weight is 270 g/mol. The molecular weight excluding hydrogens is 258 g/mol. The number of hydrogen-bond acceptors (Lipinski definition) is 6. The lowest BCUT2D eigenvalue weighted by molar-refractivity contribution is 1.06. The summed E-state index contributed by atoms with van der Waals surface area (Å²) in [6.45, 7) is 2.64. The summed E-state index contributed by atoms with van der Waals surface area (Å²) in [6, 6.07) is 0. The summed E-state index contributed by atoms with van der Waals surface area (Å²) in [4.78, 5) is 13.7. The highest BCUT2D eigenvalue weighted by Crippen LogP contribution is 2.20. The highest BCUT2D eigenvalue weighted by molar-refractivity contribution is 7.11. The number of anilines is 2. The molecule has 2 N–H and O–H groups in total. The summed E-state index contributed by atoms with van der Waals surface area (Å²) < 4.78 is 0. The second-order valence-corrected chi connectivity index (χ2v) is 5.08. The van der Waals surface area contributed by atoms with Crippen LogP contribution in [0.1, 0.15) is 9.88 Å². The topological polar surface area (TPSA) is 62.7 Å². The van der Waals surface area contributed by atoms with Gasteiger partial charge in [0.1, 0.15) is 10.0 Å². The molecule has 0 aliphatic rings. The van der Waals surface area contributed by atoms with Gasteiger partial charge in [-0.2, -0.15) is 4.98 Å². The summed E-state index contributed by atoms with van der Waals surface area (Å²) in [7, 11) is 1.76. The van der Waals surface area contributed by atoms with E-state index in [4.69, 9.17) is 11.6 Å². The first kappa shape index (κ1) is 12.1. The second kappa shape index (κ2) is 5.29. The molecule has 0 bridgehead atoms. The largest absolute Gasteiger partial charge is 0.362 e. The van der Waals surface area contributed by atoms with Gasteiger partial charge in [0.25, 0.3) is 0 Å². The third-order valence-corrected chi connectivity index (χ3v) is 3.23. The summed E-state index contributed by atoms with van der Waals surface area (Å²) in [5.74, 6) is 1.14. The van der Waals surface area contributed by atoms with Crippen LogP contribution in [0, 0.1) is 6.92 Å². The fourth-order valence-electron chi connectivity index (χ4n) is 1.25. The van der Waals surface area contributed by atoms with Crippen LogP contribution in [0.2, 0.25) is 5.02 Å². The smallest absolute Gasteiger partial charge is 0.224 e. The van der Waals surface area contributed by atoms with Crippen molar-refractivity contribution in [2.75, 3.05) is 17.7 Å². The zero-order valence-electron chi connectivity index (χ0n) is 9.49. The van der Waals surface area contributed by atoms with Crippen molar-refractivity contribution in [2.24, 2.45) is 0 Å². The Hall–Kier alpha value is -1.40. The van der Waals surface area contributed by atoms with Crippen LogP contribution in [0.5, 0.6) is 0 Å². The van der Waals surface area contributed by atoms with Gasteiger partial charge in [0.2, 0.25) is 5.95 Å². The van der Waals surface area contributed by atoms with Crippen LogP contribution in [-0.2, 0) is 6.54 Å². The van der Waals surface area contributed by atoms with Gasteiger partial charge < -0.3 is 10.6 Å². The van der Waals surface area contributed by atoms with Crippen LogP contribution < -0.4 is 10.6 Å². The fourth-order valence-corrected chi connectivity index (χ4v) is 2.14. The van der Waals surface area contributed by atoms with E-state index in [-0.39, 0.29) is 0 Å². The van der Waals surface area contributed by atoms with Crippen LogP contribution in [0.4, 0.5) is 11.8 Å². The Morgan fingerprint density at radius 1 is 1.35 bits per heavy atom. The van der Waals surface area contributed by atoms with Gasteiger partial charge in [0, 0.05) is 18.1 Å². The predicted octanol–water partition coefficient (Wildman–Crippen LogP) is 2.55. The van der Waals surface area contributed by atoms with Crippen LogP contribution in [0.25, 0.3) is 0 Å². The number of hydrogen-bond donors (Lipinski definition) is 2. The monoisotopic (exact) mass is 269 g/mol. The lowest BCUT2D eigenvalue weighted by Gasteiger charge is -2.06. The molecule has 5 nitrogen and oxygen atoms in total. The zero-order valence-corrected chi connectivity index (χ0v) is 11.1. The number of nitrogens with zero attached hydrogens (tertiary/aromatic N) is 3. The standard InChI is InChI=1S/C10H12ClN5S/c1-6-3-13-8(17-6)5-14-9-7(11)4-15-10(12-2)16-9/h3-4H,5H2,1-2H3,(H2,12,14,15,16). The van der Waals surface area contributed by atoms with Crippen LogP contribution >= 0.6 is 22.9 Å². The number of aromatic nitrogens is 3.